The van der Waals surface area contributed by atoms with Gasteiger partial charge in [-0.15, -0.1) is 0 Å². The van der Waals surface area contributed by atoms with Crippen LogP contribution in [0.2, 0.25) is 0 Å². The minimum Gasteiger partial charge on any atom is -0.494 e. The Labute approximate surface area is 170 Å². The smallest absolute Gasteiger partial charge is 0.187 e. The standard InChI is InChI=1S/C22H24N4OS/c1-3-27-19-6-4-5-17(11-19)20-8-7-16(12-23-20)14-26-10-9-21-18(15-26)13-24-22(25-21)28-2/h4-8,11-13H,3,9-10,14-15H2,1-2H3. The molecular weight excluding hydrogens is 368 g/mol. The molecule has 0 saturated heterocycles. The van der Waals surface area contributed by atoms with Gasteiger partial charge < -0.3 is 4.74 Å². The fraction of sp³-hybridized carbons (Fsp3) is 0.318. The lowest BCUT2D eigenvalue weighted by Crippen LogP contribution is -2.31. The Morgan fingerprint density at radius 3 is 2.86 bits per heavy atom. The van der Waals surface area contributed by atoms with Gasteiger partial charge in [0.15, 0.2) is 5.16 Å². The molecule has 4 rings (SSSR count). The molecule has 3 heterocycles. The topological polar surface area (TPSA) is 51.1 Å². The largest absolute Gasteiger partial charge is 0.494 e. The quantitative estimate of drug-likeness (QED) is 0.462. The number of pyridine rings is 1. The molecule has 28 heavy (non-hydrogen) atoms. The van der Waals surface area contributed by atoms with E-state index in [2.05, 4.69) is 38.1 Å². The molecule has 0 aliphatic carbocycles. The Kier molecular flexibility index (Phi) is 5.88. The summed E-state index contributed by atoms with van der Waals surface area (Å²) in [7, 11) is 0. The predicted molar refractivity (Wildman–Crippen MR) is 112 cm³/mol. The molecule has 1 aromatic carbocycles. The van der Waals surface area contributed by atoms with Crippen molar-refractivity contribution >= 4 is 11.8 Å². The van der Waals surface area contributed by atoms with Gasteiger partial charge >= 0.3 is 0 Å². The van der Waals surface area contributed by atoms with E-state index in [4.69, 9.17) is 4.74 Å². The maximum Gasteiger partial charge on any atom is 0.187 e. The monoisotopic (exact) mass is 392 g/mol. The number of thioether (sulfide) groups is 1. The van der Waals surface area contributed by atoms with Crippen molar-refractivity contribution in [2.75, 3.05) is 19.4 Å². The lowest BCUT2D eigenvalue weighted by Gasteiger charge is -2.27. The minimum absolute atomic E-state index is 0.665. The summed E-state index contributed by atoms with van der Waals surface area (Å²) in [5, 5.41) is 0.861. The van der Waals surface area contributed by atoms with Crippen molar-refractivity contribution in [3.63, 3.8) is 0 Å². The minimum atomic E-state index is 0.665. The van der Waals surface area contributed by atoms with Crippen LogP contribution < -0.4 is 4.74 Å². The van der Waals surface area contributed by atoms with Crippen LogP contribution in [-0.4, -0.2) is 39.3 Å². The second kappa shape index (κ2) is 8.71. The van der Waals surface area contributed by atoms with Gasteiger partial charge in [-0.3, -0.25) is 9.88 Å². The molecule has 0 amide bonds. The number of benzene rings is 1. The molecule has 6 heteroatoms. The van der Waals surface area contributed by atoms with Gasteiger partial charge in [0.25, 0.3) is 0 Å². The van der Waals surface area contributed by atoms with Crippen molar-refractivity contribution in [3.8, 4) is 17.0 Å². The summed E-state index contributed by atoms with van der Waals surface area (Å²) in [5.41, 5.74) is 5.69. The highest BCUT2D eigenvalue weighted by Gasteiger charge is 2.18. The number of hydrogen-bond acceptors (Lipinski definition) is 6. The molecule has 2 aromatic heterocycles. The Hall–Kier alpha value is -2.44. The average molecular weight is 393 g/mol. The van der Waals surface area contributed by atoms with Gasteiger partial charge in [-0.05, 0) is 36.9 Å². The third kappa shape index (κ3) is 4.34. The molecule has 144 valence electrons. The van der Waals surface area contributed by atoms with E-state index >= 15 is 0 Å². The number of fused-ring (bicyclic) bond motifs is 1. The summed E-state index contributed by atoms with van der Waals surface area (Å²) < 4.78 is 5.59. The van der Waals surface area contributed by atoms with E-state index in [0.717, 1.165) is 48.2 Å². The maximum atomic E-state index is 5.59. The van der Waals surface area contributed by atoms with Crippen molar-refractivity contribution in [1.82, 2.24) is 19.9 Å². The van der Waals surface area contributed by atoms with Gasteiger partial charge in [0.1, 0.15) is 5.75 Å². The Morgan fingerprint density at radius 2 is 2.07 bits per heavy atom. The van der Waals surface area contributed by atoms with Crippen LogP contribution in [0.3, 0.4) is 0 Å². The second-order valence-electron chi connectivity index (χ2n) is 6.80. The number of ether oxygens (including phenoxy) is 1. The molecule has 0 bridgehead atoms. The zero-order valence-electron chi connectivity index (χ0n) is 16.3. The number of hydrogen-bond donors (Lipinski definition) is 0. The van der Waals surface area contributed by atoms with Crippen LogP contribution in [0.5, 0.6) is 5.75 Å². The van der Waals surface area contributed by atoms with E-state index in [0.29, 0.717) is 6.61 Å². The molecular formula is C22H24N4OS. The van der Waals surface area contributed by atoms with Gasteiger partial charge in [0.05, 0.1) is 18.0 Å². The average Bonchev–Trinajstić information content (AvgIpc) is 2.74. The maximum absolute atomic E-state index is 5.59. The lowest BCUT2D eigenvalue weighted by molar-refractivity contribution is 0.242. The van der Waals surface area contributed by atoms with Gasteiger partial charge in [-0.2, -0.15) is 0 Å². The SMILES string of the molecule is CCOc1cccc(-c2ccc(CN3CCc4nc(SC)ncc4C3)cn2)c1. The molecule has 3 aromatic rings. The van der Waals surface area contributed by atoms with Crippen LogP contribution in [0.4, 0.5) is 0 Å². The van der Waals surface area contributed by atoms with Gasteiger partial charge in [0.2, 0.25) is 0 Å². The van der Waals surface area contributed by atoms with Gasteiger partial charge in [-0.1, -0.05) is 30.0 Å². The van der Waals surface area contributed by atoms with Crippen molar-refractivity contribution in [2.45, 2.75) is 31.6 Å². The van der Waals surface area contributed by atoms with Crippen LogP contribution in [0.25, 0.3) is 11.3 Å². The van der Waals surface area contributed by atoms with Crippen LogP contribution in [0, 0.1) is 0 Å². The highest BCUT2D eigenvalue weighted by molar-refractivity contribution is 7.98. The Balaban J connectivity index is 1.43. The van der Waals surface area contributed by atoms with E-state index in [-0.39, 0.29) is 0 Å². The molecule has 0 unspecified atom stereocenters. The molecule has 0 N–H and O–H groups in total. The summed E-state index contributed by atoms with van der Waals surface area (Å²) >= 11 is 1.60. The molecule has 0 spiro atoms. The molecule has 5 nitrogen and oxygen atoms in total. The molecule has 1 aliphatic heterocycles. The van der Waals surface area contributed by atoms with E-state index < -0.39 is 0 Å². The molecule has 0 atom stereocenters. The first-order chi connectivity index (χ1) is 13.7. The van der Waals surface area contributed by atoms with Crippen molar-refractivity contribution in [2.24, 2.45) is 0 Å². The first-order valence-electron chi connectivity index (χ1n) is 9.54. The number of rotatable bonds is 6. The zero-order chi connectivity index (χ0) is 19.3. The lowest BCUT2D eigenvalue weighted by atomic mass is 10.1. The fourth-order valence-corrected chi connectivity index (χ4v) is 3.81. The fourth-order valence-electron chi connectivity index (χ4n) is 3.45. The third-order valence-corrected chi connectivity index (χ3v) is 5.41. The molecule has 0 saturated carbocycles. The van der Waals surface area contributed by atoms with Gasteiger partial charge in [-0.25, -0.2) is 9.97 Å². The summed E-state index contributed by atoms with van der Waals surface area (Å²) in [6.45, 7) is 5.44. The highest BCUT2D eigenvalue weighted by atomic mass is 32.2. The van der Waals surface area contributed by atoms with Crippen molar-refractivity contribution in [1.29, 1.82) is 0 Å². The Morgan fingerprint density at radius 1 is 1.14 bits per heavy atom. The van der Waals surface area contributed by atoms with Gasteiger partial charge in [0, 0.05) is 49.6 Å². The molecule has 0 radical (unpaired) electrons. The van der Waals surface area contributed by atoms with Crippen LogP contribution in [-0.2, 0) is 19.5 Å². The second-order valence-corrected chi connectivity index (χ2v) is 7.58. The van der Waals surface area contributed by atoms with E-state index in [1.807, 2.05) is 43.8 Å². The third-order valence-electron chi connectivity index (χ3n) is 4.85. The van der Waals surface area contributed by atoms with Crippen LogP contribution in [0.1, 0.15) is 23.7 Å². The first-order valence-corrected chi connectivity index (χ1v) is 10.8. The van der Waals surface area contributed by atoms with E-state index in [1.54, 1.807) is 11.8 Å². The molecule has 1 aliphatic rings. The van der Waals surface area contributed by atoms with Crippen LogP contribution in [0.15, 0.2) is 53.9 Å². The zero-order valence-corrected chi connectivity index (χ0v) is 17.1. The highest BCUT2D eigenvalue weighted by Crippen LogP contribution is 2.24. The van der Waals surface area contributed by atoms with Crippen LogP contribution >= 0.6 is 11.8 Å². The van der Waals surface area contributed by atoms with E-state index in [9.17, 15) is 0 Å². The normalized spacial score (nSPS) is 13.9. The molecule has 0 fully saturated rings. The van der Waals surface area contributed by atoms with Crippen molar-refractivity contribution < 1.29 is 4.74 Å². The first kappa shape index (κ1) is 18.9. The predicted octanol–water partition coefficient (Wildman–Crippen LogP) is 4.22. The van der Waals surface area contributed by atoms with E-state index in [1.165, 1.54) is 16.8 Å². The summed E-state index contributed by atoms with van der Waals surface area (Å²) in [6.07, 6.45) is 6.94. The Bertz CT molecular complexity index is 946. The van der Waals surface area contributed by atoms with Crippen molar-refractivity contribution in [3.05, 3.63) is 65.6 Å². The summed E-state index contributed by atoms with van der Waals surface area (Å²) in [6, 6.07) is 12.3. The number of nitrogens with zero attached hydrogens (tertiary/aromatic N) is 4. The summed E-state index contributed by atoms with van der Waals surface area (Å²) in [5.74, 6) is 0.879. The summed E-state index contributed by atoms with van der Waals surface area (Å²) in [4.78, 5) is 16.2. The number of aromatic nitrogens is 3.